The van der Waals surface area contributed by atoms with Crippen molar-refractivity contribution in [1.29, 1.82) is 0 Å². The van der Waals surface area contributed by atoms with Crippen molar-refractivity contribution in [2.45, 2.75) is 18.4 Å². The van der Waals surface area contributed by atoms with E-state index in [-0.39, 0.29) is 12.1 Å². The molecule has 5 rings (SSSR count). The van der Waals surface area contributed by atoms with Crippen molar-refractivity contribution in [3.05, 3.63) is 65.0 Å². The Bertz CT molecular complexity index is 1090. The van der Waals surface area contributed by atoms with E-state index in [4.69, 9.17) is 0 Å². The van der Waals surface area contributed by atoms with Gasteiger partial charge in [-0.15, -0.1) is 11.3 Å². The third kappa shape index (κ3) is 3.29. The standard InChI is InChI=1S/C20H17N5OS/c26-20(25-16-9-14(16)12-4-2-1-3-5-12)22-13-6-7-15-17(8-13)24-19(23-15)18-10-27-11-21-18/h1-8,10-11,14,16H,9H2,(H,23,24)(H2,22,25,26)/p+1. The second kappa shape index (κ2) is 6.51. The first-order valence-corrected chi connectivity index (χ1v) is 9.76. The molecule has 1 aliphatic carbocycles. The van der Waals surface area contributed by atoms with Gasteiger partial charge >= 0.3 is 11.9 Å². The smallest absolute Gasteiger partial charge is 0.319 e. The predicted molar refractivity (Wildman–Crippen MR) is 106 cm³/mol. The molecule has 27 heavy (non-hydrogen) atoms. The molecule has 2 heterocycles. The van der Waals surface area contributed by atoms with Crippen molar-refractivity contribution >= 4 is 34.1 Å². The topological polar surface area (TPSA) is 84.0 Å². The summed E-state index contributed by atoms with van der Waals surface area (Å²) in [5, 5.41) is 7.95. The van der Waals surface area contributed by atoms with Crippen molar-refractivity contribution < 1.29 is 9.78 Å². The van der Waals surface area contributed by atoms with Crippen LogP contribution in [0.3, 0.4) is 0 Å². The number of aromatic amines is 2. The van der Waals surface area contributed by atoms with Crippen LogP contribution in [-0.2, 0) is 0 Å². The number of amides is 2. The van der Waals surface area contributed by atoms with Crippen LogP contribution in [0.4, 0.5) is 10.5 Å². The number of fused-ring (bicyclic) bond motifs is 1. The lowest BCUT2D eigenvalue weighted by atomic mass is 10.1. The van der Waals surface area contributed by atoms with Gasteiger partial charge < -0.3 is 10.6 Å². The first kappa shape index (κ1) is 16.0. The Morgan fingerprint density at radius 1 is 1.22 bits per heavy atom. The first-order valence-electron chi connectivity index (χ1n) is 8.82. The molecule has 4 aromatic rings. The van der Waals surface area contributed by atoms with Crippen LogP contribution in [0.5, 0.6) is 0 Å². The van der Waals surface area contributed by atoms with Gasteiger partial charge in [-0.2, -0.15) is 0 Å². The Morgan fingerprint density at radius 3 is 2.93 bits per heavy atom. The molecule has 2 unspecified atom stereocenters. The lowest BCUT2D eigenvalue weighted by Crippen LogP contribution is -2.31. The third-order valence-electron chi connectivity index (χ3n) is 4.82. The summed E-state index contributed by atoms with van der Waals surface area (Å²) in [4.78, 5) is 23.2. The van der Waals surface area contributed by atoms with Gasteiger partial charge in [-0.1, -0.05) is 30.3 Å². The van der Waals surface area contributed by atoms with Crippen molar-refractivity contribution in [2.75, 3.05) is 5.32 Å². The van der Waals surface area contributed by atoms with E-state index in [1.165, 1.54) is 5.56 Å². The van der Waals surface area contributed by atoms with Crippen LogP contribution in [0.15, 0.2) is 59.4 Å². The number of thiazole rings is 1. The van der Waals surface area contributed by atoms with Gasteiger partial charge in [0.05, 0.1) is 5.51 Å². The Kier molecular flexibility index (Phi) is 3.86. The number of anilines is 1. The summed E-state index contributed by atoms with van der Waals surface area (Å²) < 4.78 is 0. The van der Waals surface area contributed by atoms with Crippen LogP contribution >= 0.6 is 11.3 Å². The van der Waals surface area contributed by atoms with Crippen LogP contribution in [0.2, 0.25) is 0 Å². The quantitative estimate of drug-likeness (QED) is 0.506. The average molecular weight is 376 g/mol. The number of H-pyrrole nitrogens is 2. The monoisotopic (exact) mass is 376 g/mol. The molecular weight excluding hydrogens is 358 g/mol. The number of benzene rings is 2. The first-order chi connectivity index (χ1) is 13.3. The highest BCUT2D eigenvalue weighted by atomic mass is 32.1. The summed E-state index contributed by atoms with van der Waals surface area (Å²) in [7, 11) is 0. The van der Waals surface area contributed by atoms with Crippen LogP contribution < -0.4 is 15.6 Å². The molecule has 0 saturated heterocycles. The molecule has 2 aromatic heterocycles. The highest BCUT2D eigenvalue weighted by molar-refractivity contribution is 7.07. The predicted octanol–water partition coefficient (Wildman–Crippen LogP) is 3.78. The summed E-state index contributed by atoms with van der Waals surface area (Å²) in [5.41, 5.74) is 6.59. The highest BCUT2D eigenvalue weighted by Crippen LogP contribution is 2.40. The molecule has 7 heteroatoms. The zero-order valence-corrected chi connectivity index (χ0v) is 15.2. The maximum absolute atomic E-state index is 12.3. The van der Waals surface area contributed by atoms with Gasteiger partial charge in [0, 0.05) is 29.1 Å². The largest absolute Gasteiger partial charge is 0.334 e. The average Bonchev–Trinajstić information content (AvgIpc) is 3.09. The molecule has 2 atom stereocenters. The fourth-order valence-corrected chi connectivity index (χ4v) is 3.90. The zero-order valence-electron chi connectivity index (χ0n) is 14.4. The van der Waals surface area contributed by atoms with Crippen molar-refractivity contribution in [3.8, 4) is 11.5 Å². The second-order valence-electron chi connectivity index (χ2n) is 6.72. The number of aromatic nitrogens is 3. The molecule has 1 aliphatic rings. The van der Waals surface area contributed by atoms with E-state index in [1.807, 2.05) is 41.8 Å². The minimum Gasteiger partial charge on any atom is -0.334 e. The summed E-state index contributed by atoms with van der Waals surface area (Å²) in [6, 6.07) is 16.1. The molecule has 0 bridgehead atoms. The number of rotatable bonds is 4. The van der Waals surface area contributed by atoms with Gasteiger partial charge in [-0.25, -0.2) is 19.7 Å². The molecule has 0 spiro atoms. The lowest BCUT2D eigenvalue weighted by molar-refractivity contribution is -0.330. The van der Waals surface area contributed by atoms with Gasteiger partial charge in [0.1, 0.15) is 0 Å². The molecule has 2 aromatic carbocycles. The van der Waals surface area contributed by atoms with E-state index < -0.39 is 0 Å². The number of nitrogens with zero attached hydrogens (tertiary/aromatic N) is 1. The summed E-state index contributed by atoms with van der Waals surface area (Å²) in [6.45, 7) is 0. The Hall–Kier alpha value is -3.19. The molecule has 1 fully saturated rings. The number of hydrogen-bond acceptors (Lipinski definition) is 3. The Labute approximate surface area is 159 Å². The minimum absolute atomic E-state index is 0.173. The van der Waals surface area contributed by atoms with Gasteiger partial charge in [-0.3, -0.25) is 0 Å². The fourth-order valence-electron chi connectivity index (χ4n) is 3.36. The van der Waals surface area contributed by atoms with Gasteiger partial charge in [0.15, 0.2) is 16.7 Å². The van der Waals surface area contributed by atoms with E-state index in [2.05, 4.69) is 37.7 Å². The Morgan fingerprint density at radius 2 is 2.11 bits per heavy atom. The van der Waals surface area contributed by atoms with E-state index in [0.29, 0.717) is 5.92 Å². The molecular formula is C20H18N5OS+. The van der Waals surface area contributed by atoms with Crippen molar-refractivity contribution in [3.63, 3.8) is 0 Å². The molecule has 2 amide bonds. The number of hydrogen-bond donors (Lipinski definition) is 3. The van der Waals surface area contributed by atoms with Crippen LogP contribution in [-0.4, -0.2) is 22.0 Å². The molecule has 4 N–H and O–H groups in total. The fraction of sp³-hybridized carbons (Fsp3) is 0.150. The zero-order chi connectivity index (χ0) is 18.2. The Balaban J connectivity index is 1.25. The van der Waals surface area contributed by atoms with E-state index in [9.17, 15) is 4.79 Å². The number of carbonyl (C=O) groups is 1. The molecule has 0 radical (unpaired) electrons. The molecule has 6 nitrogen and oxygen atoms in total. The van der Waals surface area contributed by atoms with Crippen LogP contribution in [0.25, 0.3) is 22.6 Å². The highest BCUT2D eigenvalue weighted by Gasteiger charge is 2.39. The summed E-state index contributed by atoms with van der Waals surface area (Å²) >= 11 is 1.55. The maximum Gasteiger partial charge on any atom is 0.319 e. The summed E-state index contributed by atoms with van der Waals surface area (Å²) in [5.74, 6) is 1.27. The number of carbonyl (C=O) groups excluding carboxylic acids is 1. The van der Waals surface area contributed by atoms with Crippen molar-refractivity contribution in [2.24, 2.45) is 0 Å². The SMILES string of the molecule is O=C(Nc1ccc2[nH+]c(-c3cscn3)[nH]c2c1)NC1CC1c1ccccc1. The van der Waals surface area contributed by atoms with E-state index >= 15 is 0 Å². The summed E-state index contributed by atoms with van der Waals surface area (Å²) in [6.07, 6.45) is 0.985. The third-order valence-corrected chi connectivity index (χ3v) is 5.41. The normalized spacial score (nSPS) is 18.4. The van der Waals surface area contributed by atoms with Crippen molar-refractivity contribution in [1.82, 2.24) is 15.3 Å². The van der Waals surface area contributed by atoms with E-state index in [0.717, 1.165) is 34.7 Å². The van der Waals surface area contributed by atoms with E-state index in [1.54, 1.807) is 16.8 Å². The minimum atomic E-state index is -0.173. The van der Waals surface area contributed by atoms with Crippen LogP contribution in [0.1, 0.15) is 17.9 Å². The molecule has 134 valence electrons. The molecule has 1 saturated carbocycles. The van der Waals surface area contributed by atoms with Gasteiger partial charge in [0.2, 0.25) is 0 Å². The number of nitrogens with one attached hydrogen (secondary N) is 4. The van der Waals surface area contributed by atoms with Gasteiger partial charge in [-0.05, 0) is 24.1 Å². The molecule has 0 aliphatic heterocycles. The van der Waals surface area contributed by atoms with Gasteiger partial charge in [0.25, 0.3) is 0 Å². The number of imidazole rings is 1. The second-order valence-corrected chi connectivity index (χ2v) is 7.44. The maximum atomic E-state index is 12.3. The van der Waals surface area contributed by atoms with Crippen LogP contribution in [0, 0.1) is 0 Å². The number of urea groups is 1. The lowest BCUT2D eigenvalue weighted by Gasteiger charge is -2.07.